The van der Waals surface area contributed by atoms with E-state index in [1.165, 1.54) is 10.7 Å². The Morgan fingerprint density at radius 3 is 2.36 bits per heavy atom. The van der Waals surface area contributed by atoms with Crippen LogP contribution in [0.1, 0.15) is 46.7 Å². The van der Waals surface area contributed by atoms with Gasteiger partial charge >= 0.3 is 5.97 Å². The van der Waals surface area contributed by atoms with Crippen LogP contribution >= 0.6 is 0 Å². The Morgan fingerprint density at radius 2 is 1.84 bits per heavy atom. The predicted octanol–water partition coefficient (Wildman–Crippen LogP) is 3.13. The zero-order valence-electron chi connectivity index (χ0n) is 14.0. The molecule has 0 bridgehead atoms. The van der Waals surface area contributed by atoms with Crippen LogP contribution in [0.25, 0.3) is 0 Å². The summed E-state index contributed by atoms with van der Waals surface area (Å²) in [5.41, 5.74) is -0.296. The molecule has 0 aliphatic heterocycles. The molecule has 0 spiro atoms. The zero-order chi connectivity index (χ0) is 18.6. The Kier molecular flexibility index (Phi) is 5.84. The molecule has 0 saturated carbocycles. The van der Waals surface area contributed by atoms with Gasteiger partial charge in [-0.25, -0.2) is 18.3 Å². The lowest BCUT2D eigenvalue weighted by molar-refractivity contribution is 0.0696. The fraction of sp³-hybridized carbons (Fsp3) is 0.353. The largest absolute Gasteiger partial charge is 0.477 e. The Balaban J connectivity index is 2.32. The third-order valence-corrected chi connectivity index (χ3v) is 3.67. The second-order valence-electron chi connectivity index (χ2n) is 5.43. The minimum Gasteiger partial charge on any atom is -0.477 e. The number of benzene rings is 1. The van der Waals surface area contributed by atoms with Crippen molar-refractivity contribution in [1.82, 2.24) is 9.78 Å². The van der Waals surface area contributed by atoms with Gasteiger partial charge in [0.2, 0.25) is 0 Å². The molecule has 0 aliphatic rings. The Bertz CT molecular complexity index is 782. The van der Waals surface area contributed by atoms with Crippen molar-refractivity contribution in [3.8, 4) is 0 Å². The number of carboxylic acids is 1. The number of carboxylic acid groups (broad SMARTS) is 1. The summed E-state index contributed by atoms with van der Waals surface area (Å²) in [4.78, 5) is 23.7. The van der Waals surface area contributed by atoms with Gasteiger partial charge in [0, 0.05) is 6.54 Å². The van der Waals surface area contributed by atoms with Crippen LogP contribution in [-0.4, -0.2) is 33.2 Å². The molecular formula is C17H19F2N3O3. The highest BCUT2D eigenvalue weighted by atomic mass is 19.1. The van der Waals surface area contributed by atoms with Gasteiger partial charge in [0.05, 0.1) is 17.8 Å². The summed E-state index contributed by atoms with van der Waals surface area (Å²) in [6.07, 6.45) is 1.11. The van der Waals surface area contributed by atoms with Crippen molar-refractivity contribution in [1.29, 1.82) is 0 Å². The van der Waals surface area contributed by atoms with Gasteiger partial charge in [0.1, 0.15) is 23.0 Å². The molecule has 0 unspecified atom stereocenters. The van der Waals surface area contributed by atoms with Crippen molar-refractivity contribution < 1.29 is 23.5 Å². The number of aryl methyl sites for hydroxylation is 2. The van der Waals surface area contributed by atoms with Crippen molar-refractivity contribution in [3.05, 3.63) is 46.7 Å². The molecule has 2 aromatic rings. The number of anilines is 1. The average molecular weight is 351 g/mol. The maximum Gasteiger partial charge on any atom is 0.341 e. The normalized spacial score (nSPS) is 10.7. The Hall–Kier alpha value is -2.77. The van der Waals surface area contributed by atoms with Gasteiger partial charge in [0.25, 0.3) is 0 Å². The van der Waals surface area contributed by atoms with E-state index in [-0.39, 0.29) is 11.4 Å². The van der Waals surface area contributed by atoms with E-state index in [1.54, 1.807) is 6.92 Å². The lowest BCUT2D eigenvalue weighted by Crippen LogP contribution is -2.20. The van der Waals surface area contributed by atoms with Crippen LogP contribution < -0.4 is 5.32 Å². The number of nitrogens with one attached hydrogen (secondary N) is 1. The number of carbonyl (C=O) groups is 2. The highest BCUT2D eigenvalue weighted by molar-refractivity contribution is 6.00. The number of ketones is 1. The monoisotopic (exact) mass is 351 g/mol. The topological polar surface area (TPSA) is 84.2 Å². The van der Waals surface area contributed by atoms with E-state index in [0.29, 0.717) is 25.1 Å². The highest BCUT2D eigenvalue weighted by Gasteiger charge is 2.24. The number of hydrogen-bond donors (Lipinski definition) is 2. The molecule has 0 fully saturated rings. The maximum absolute atomic E-state index is 13.7. The van der Waals surface area contributed by atoms with Crippen molar-refractivity contribution in [3.63, 3.8) is 0 Å². The third kappa shape index (κ3) is 3.84. The van der Waals surface area contributed by atoms with Gasteiger partial charge in [-0.2, -0.15) is 5.10 Å². The smallest absolute Gasteiger partial charge is 0.341 e. The first-order valence-corrected chi connectivity index (χ1v) is 7.94. The fourth-order valence-electron chi connectivity index (χ4n) is 2.55. The summed E-state index contributed by atoms with van der Waals surface area (Å²) in [5.74, 6) is -3.74. The first kappa shape index (κ1) is 18.6. The van der Waals surface area contributed by atoms with Crippen molar-refractivity contribution in [2.75, 3.05) is 11.9 Å². The number of carbonyl (C=O) groups excluding carboxylic acids is 1. The molecule has 2 rings (SSSR count). The molecule has 134 valence electrons. The Labute approximate surface area is 143 Å². The third-order valence-electron chi connectivity index (χ3n) is 3.67. The van der Waals surface area contributed by atoms with Crippen LogP contribution in [0.3, 0.4) is 0 Å². The number of nitrogens with zero attached hydrogens (tertiary/aromatic N) is 2. The van der Waals surface area contributed by atoms with E-state index in [9.17, 15) is 23.5 Å². The molecule has 0 amide bonds. The number of aromatic carboxylic acids is 1. The molecule has 0 radical (unpaired) electrons. The van der Waals surface area contributed by atoms with Gasteiger partial charge in [-0.1, -0.05) is 19.9 Å². The second-order valence-corrected chi connectivity index (χ2v) is 5.43. The van der Waals surface area contributed by atoms with E-state index in [2.05, 4.69) is 10.4 Å². The molecule has 0 saturated heterocycles. The molecule has 8 heteroatoms. The Morgan fingerprint density at radius 1 is 1.20 bits per heavy atom. The van der Waals surface area contributed by atoms with E-state index in [1.807, 2.05) is 6.92 Å². The van der Waals surface area contributed by atoms with E-state index in [4.69, 9.17) is 0 Å². The van der Waals surface area contributed by atoms with Crippen LogP contribution in [-0.2, 0) is 13.0 Å². The lowest BCUT2D eigenvalue weighted by Gasteiger charge is -2.10. The number of rotatable bonds is 8. The fourth-order valence-corrected chi connectivity index (χ4v) is 2.55. The second kappa shape index (κ2) is 7.87. The number of halogens is 2. The number of aromatic nitrogens is 2. The molecule has 2 N–H and O–H groups in total. The number of hydrogen-bond acceptors (Lipinski definition) is 4. The van der Waals surface area contributed by atoms with E-state index in [0.717, 1.165) is 12.1 Å². The molecule has 1 aromatic heterocycles. The molecule has 1 heterocycles. The summed E-state index contributed by atoms with van der Waals surface area (Å²) in [7, 11) is 0. The standard InChI is InChI=1S/C17H19F2N3O3/c1-3-8-22-16(15(17(24)25)12(4-2)21-22)20-9-13(23)14-10(18)6-5-7-11(14)19/h5-7,20H,3-4,8-9H2,1-2H3,(H,24,25). The summed E-state index contributed by atoms with van der Waals surface area (Å²) in [5, 5.41) is 16.4. The molecule has 6 nitrogen and oxygen atoms in total. The summed E-state index contributed by atoms with van der Waals surface area (Å²) >= 11 is 0. The average Bonchev–Trinajstić information content (AvgIpc) is 2.91. The van der Waals surface area contributed by atoms with Gasteiger partial charge in [-0.05, 0) is 25.0 Å². The molecular weight excluding hydrogens is 332 g/mol. The van der Waals surface area contributed by atoms with Crippen molar-refractivity contribution in [2.45, 2.75) is 33.2 Å². The molecule has 1 aromatic carbocycles. The summed E-state index contributed by atoms with van der Waals surface area (Å²) in [6, 6.07) is 3.16. The van der Waals surface area contributed by atoms with Gasteiger partial charge in [0.15, 0.2) is 5.78 Å². The molecule has 25 heavy (non-hydrogen) atoms. The van der Waals surface area contributed by atoms with E-state index >= 15 is 0 Å². The summed E-state index contributed by atoms with van der Waals surface area (Å²) < 4.78 is 28.9. The number of Topliss-reactive ketones (excluding diaryl/α,β-unsaturated/α-hetero) is 1. The highest BCUT2D eigenvalue weighted by Crippen LogP contribution is 2.22. The van der Waals surface area contributed by atoms with Crippen LogP contribution in [0.4, 0.5) is 14.6 Å². The zero-order valence-corrected chi connectivity index (χ0v) is 14.0. The first-order valence-electron chi connectivity index (χ1n) is 7.94. The lowest BCUT2D eigenvalue weighted by atomic mass is 10.1. The minimum absolute atomic E-state index is 0.0299. The van der Waals surface area contributed by atoms with Crippen molar-refractivity contribution in [2.24, 2.45) is 0 Å². The minimum atomic E-state index is -1.17. The predicted molar refractivity (Wildman–Crippen MR) is 88.0 cm³/mol. The first-order chi connectivity index (χ1) is 11.9. The van der Waals surface area contributed by atoms with Gasteiger partial charge in [-0.3, -0.25) is 4.79 Å². The quantitative estimate of drug-likeness (QED) is 0.714. The maximum atomic E-state index is 13.7. The molecule has 0 aliphatic carbocycles. The van der Waals surface area contributed by atoms with Crippen LogP contribution in [0.5, 0.6) is 0 Å². The van der Waals surface area contributed by atoms with E-state index < -0.39 is 35.5 Å². The van der Waals surface area contributed by atoms with Crippen LogP contribution in [0.2, 0.25) is 0 Å². The van der Waals surface area contributed by atoms with Gasteiger partial charge in [-0.15, -0.1) is 0 Å². The SMILES string of the molecule is CCCn1nc(CC)c(C(=O)O)c1NCC(=O)c1c(F)cccc1F. The molecule has 0 atom stereocenters. The summed E-state index contributed by atoms with van der Waals surface area (Å²) in [6.45, 7) is 3.67. The van der Waals surface area contributed by atoms with Crippen molar-refractivity contribution >= 4 is 17.6 Å². The van der Waals surface area contributed by atoms with Gasteiger partial charge < -0.3 is 10.4 Å². The van der Waals surface area contributed by atoms with Crippen LogP contribution in [0.15, 0.2) is 18.2 Å². The van der Waals surface area contributed by atoms with Crippen LogP contribution in [0, 0.1) is 11.6 Å².